The van der Waals surface area contributed by atoms with E-state index >= 15 is 0 Å². The molecule has 1 rings (SSSR count). The zero-order chi connectivity index (χ0) is 11.9. The molecular weight excluding hydrogens is 196 g/mol. The molecule has 0 saturated heterocycles. The largest absolute Gasteiger partial charge is 0.316 e. The lowest BCUT2D eigenvalue weighted by Crippen LogP contribution is -2.33. The van der Waals surface area contributed by atoms with Gasteiger partial charge in [0.1, 0.15) is 0 Å². The minimum absolute atomic E-state index is 0.268. The molecule has 0 unspecified atom stereocenters. The highest BCUT2D eigenvalue weighted by Crippen LogP contribution is 2.24. The summed E-state index contributed by atoms with van der Waals surface area (Å²) in [5.41, 5.74) is 0.268. The molecule has 0 aromatic rings. The molecule has 2 heteroatoms. The molecule has 0 spiro atoms. The van der Waals surface area contributed by atoms with Crippen LogP contribution in [0.5, 0.6) is 0 Å². The van der Waals surface area contributed by atoms with Gasteiger partial charge in [-0.2, -0.15) is 5.26 Å². The number of hydrogen-bond acceptors (Lipinski definition) is 2. The van der Waals surface area contributed by atoms with E-state index in [0.29, 0.717) is 6.42 Å². The molecule has 2 nitrogen and oxygen atoms in total. The van der Waals surface area contributed by atoms with E-state index in [1.807, 2.05) is 0 Å². The lowest BCUT2D eigenvalue weighted by molar-refractivity contribution is 0.285. The maximum Gasteiger partial charge on any atom is 0.0621 e. The van der Waals surface area contributed by atoms with Crippen LogP contribution < -0.4 is 5.32 Å². The van der Waals surface area contributed by atoms with Gasteiger partial charge in [-0.3, -0.25) is 0 Å². The molecule has 92 valence electrons. The summed E-state index contributed by atoms with van der Waals surface area (Å²) in [7, 11) is 0. The Morgan fingerprint density at radius 1 is 1.25 bits per heavy atom. The van der Waals surface area contributed by atoms with Crippen molar-refractivity contribution in [2.75, 3.05) is 13.1 Å². The van der Waals surface area contributed by atoms with Crippen LogP contribution in [0.1, 0.15) is 58.8 Å². The third-order valence-electron chi connectivity index (χ3n) is 3.67. The molecule has 0 atom stereocenters. The fraction of sp³-hybridized carbons (Fsp3) is 0.929. The van der Waals surface area contributed by atoms with Crippen molar-refractivity contribution < 1.29 is 0 Å². The number of nitrogens with one attached hydrogen (secondary N) is 1. The average Bonchev–Trinajstić information content (AvgIpc) is 2.28. The van der Waals surface area contributed by atoms with Gasteiger partial charge in [0.25, 0.3) is 0 Å². The Labute approximate surface area is 100 Å². The maximum atomic E-state index is 8.59. The monoisotopic (exact) mass is 222 g/mol. The average molecular weight is 222 g/mol. The van der Waals surface area contributed by atoms with Crippen molar-refractivity contribution in [3.63, 3.8) is 0 Å². The quantitative estimate of drug-likeness (QED) is 0.746. The molecule has 16 heavy (non-hydrogen) atoms. The summed E-state index contributed by atoms with van der Waals surface area (Å²) in [5.74, 6) is 0.903. The van der Waals surface area contributed by atoms with Crippen molar-refractivity contribution in [1.82, 2.24) is 5.32 Å². The highest BCUT2D eigenvalue weighted by atomic mass is 14.9. The molecule has 1 fully saturated rings. The predicted molar refractivity (Wildman–Crippen MR) is 68.1 cm³/mol. The summed E-state index contributed by atoms with van der Waals surface area (Å²) in [6.45, 7) is 6.72. The fourth-order valence-corrected chi connectivity index (χ4v) is 2.49. The zero-order valence-electron chi connectivity index (χ0n) is 10.9. The van der Waals surface area contributed by atoms with E-state index in [1.54, 1.807) is 0 Å². The standard InChI is InChI=1S/C14H26N2/c1-14(2,9-6-10-15)12-16-11-13-7-4-3-5-8-13/h13,16H,3-9,11-12H2,1-2H3. The van der Waals surface area contributed by atoms with Gasteiger partial charge in [-0.15, -0.1) is 0 Å². The van der Waals surface area contributed by atoms with Gasteiger partial charge >= 0.3 is 0 Å². The lowest BCUT2D eigenvalue weighted by Gasteiger charge is -2.27. The molecule has 1 N–H and O–H groups in total. The van der Waals surface area contributed by atoms with E-state index in [2.05, 4.69) is 25.2 Å². The SMILES string of the molecule is CC(C)(CCC#N)CNCC1CCCCC1. The second-order valence-corrected chi connectivity index (χ2v) is 5.96. The van der Waals surface area contributed by atoms with Gasteiger partial charge in [0, 0.05) is 13.0 Å². The number of rotatable bonds is 6. The van der Waals surface area contributed by atoms with Gasteiger partial charge in [0.15, 0.2) is 0 Å². The molecule has 0 aromatic carbocycles. The first-order chi connectivity index (χ1) is 7.64. The summed E-state index contributed by atoms with van der Waals surface area (Å²) in [6, 6.07) is 2.24. The van der Waals surface area contributed by atoms with Crippen molar-refractivity contribution >= 4 is 0 Å². The van der Waals surface area contributed by atoms with Crippen LogP contribution in [0.25, 0.3) is 0 Å². The van der Waals surface area contributed by atoms with Crippen LogP contribution in [0.2, 0.25) is 0 Å². The van der Waals surface area contributed by atoms with Gasteiger partial charge in [-0.05, 0) is 37.1 Å². The van der Waals surface area contributed by atoms with E-state index in [1.165, 1.54) is 38.6 Å². The van der Waals surface area contributed by atoms with Crippen molar-refractivity contribution in [3.8, 4) is 6.07 Å². The lowest BCUT2D eigenvalue weighted by atomic mass is 9.86. The first-order valence-corrected chi connectivity index (χ1v) is 6.72. The van der Waals surface area contributed by atoms with Crippen LogP contribution in [0.15, 0.2) is 0 Å². The topological polar surface area (TPSA) is 35.8 Å². The predicted octanol–water partition coefficient (Wildman–Crippen LogP) is 3.49. The highest BCUT2D eigenvalue weighted by molar-refractivity contribution is 4.79. The van der Waals surface area contributed by atoms with E-state index < -0.39 is 0 Å². The van der Waals surface area contributed by atoms with Gasteiger partial charge in [-0.25, -0.2) is 0 Å². The van der Waals surface area contributed by atoms with Crippen molar-refractivity contribution in [3.05, 3.63) is 0 Å². The van der Waals surface area contributed by atoms with Crippen LogP contribution in [0, 0.1) is 22.7 Å². The summed E-state index contributed by atoms with van der Waals surface area (Å²) >= 11 is 0. The molecule has 0 aromatic heterocycles. The zero-order valence-corrected chi connectivity index (χ0v) is 10.9. The summed E-state index contributed by atoms with van der Waals surface area (Å²) in [4.78, 5) is 0. The van der Waals surface area contributed by atoms with Crippen LogP contribution in [-0.4, -0.2) is 13.1 Å². The van der Waals surface area contributed by atoms with E-state index in [-0.39, 0.29) is 5.41 Å². The number of nitriles is 1. The van der Waals surface area contributed by atoms with Gasteiger partial charge in [0.05, 0.1) is 6.07 Å². The highest BCUT2D eigenvalue weighted by Gasteiger charge is 2.18. The van der Waals surface area contributed by atoms with Gasteiger partial charge in [0.2, 0.25) is 0 Å². The third kappa shape index (κ3) is 5.51. The first-order valence-electron chi connectivity index (χ1n) is 6.72. The molecule has 1 aliphatic rings. The van der Waals surface area contributed by atoms with Crippen LogP contribution in [0.4, 0.5) is 0 Å². The van der Waals surface area contributed by atoms with E-state index in [4.69, 9.17) is 5.26 Å². The van der Waals surface area contributed by atoms with Crippen molar-refractivity contribution in [2.45, 2.75) is 58.8 Å². The Hall–Kier alpha value is -0.550. The molecule has 0 bridgehead atoms. The Morgan fingerprint density at radius 3 is 2.56 bits per heavy atom. The Balaban J connectivity index is 2.11. The van der Waals surface area contributed by atoms with Crippen molar-refractivity contribution in [2.24, 2.45) is 11.3 Å². The molecule has 0 amide bonds. The van der Waals surface area contributed by atoms with E-state index in [9.17, 15) is 0 Å². The van der Waals surface area contributed by atoms with Gasteiger partial charge in [-0.1, -0.05) is 33.1 Å². The van der Waals surface area contributed by atoms with Crippen LogP contribution in [-0.2, 0) is 0 Å². The summed E-state index contributed by atoms with van der Waals surface area (Å²) < 4.78 is 0. The minimum Gasteiger partial charge on any atom is -0.316 e. The van der Waals surface area contributed by atoms with Crippen molar-refractivity contribution in [1.29, 1.82) is 5.26 Å². The summed E-state index contributed by atoms with van der Waals surface area (Å²) in [6.07, 6.45) is 8.77. The summed E-state index contributed by atoms with van der Waals surface area (Å²) in [5, 5.41) is 12.2. The second kappa shape index (κ2) is 6.91. The number of hydrogen-bond donors (Lipinski definition) is 1. The fourth-order valence-electron chi connectivity index (χ4n) is 2.49. The Morgan fingerprint density at radius 2 is 1.94 bits per heavy atom. The van der Waals surface area contributed by atoms with Crippen LogP contribution in [0.3, 0.4) is 0 Å². The third-order valence-corrected chi connectivity index (χ3v) is 3.67. The molecule has 1 saturated carbocycles. The molecule has 0 radical (unpaired) electrons. The molecule has 1 aliphatic carbocycles. The first kappa shape index (κ1) is 13.5. The van der Waals surface area contributed by atoms with Crippen LogP contribution >= 0.6 is 0 Å². The molecule has 0 aliphatic heterocycles. The van der Waals surface area contributed by atoms with E-state index in [0.717, 1.165) is 18.9 Å². The second-order valence-electron chi connectivity index (χ2n) is 5.96. The Kier molecular flexibility index (Phi) is 5.84. The Bertz CT molecular complexity index is 221. The molecule has 0 heterocycles. The minimum atomic E-state index is 0.268. The normalized spacial score (nSPS) is 18.3. The maximum absolute atomic E-state index is 8.59. The smallest absolute Gasteiger partial charge is 0.0621 e. The molecular formula is C14H26N2. The number of nitrogens with zero attached hydrogens (tertiary/aromatic N) is 1. The van der Waals surface area contributed by atoms with Gasteiger partial charge < -0.3 is 5.32 Å².